The van der Waals surface area contributed by atoms with Crippen molar-refractivity contribution in [3.05, 3.63) is 30.1 Å². The van der Waals surface area contributed by atoms with E-state index in [1.54, 1.807) is 4.90 Å². The van der Waals surface area contributed by atoms with Crippen LogP contribution in [0.5, 0.6) is 5.75 Å². The smallest absolute Gasteiger partial charge is 0.444 e. The van der Waals surface area contributed by atoms with Gasteiger partial charge in [-0.1, -0.05) is 5.16 Å². The largest absolute Gasteiger partial charge is 0.573 e. The summed E-state index contributed by atoms with van der Waals surface area (Å²) in [6.07, 6.45) is -1.33. The van der Waals surface area contributed by atoms with Crippen LogP contribution in [-0.2, 0) is 4.74 Å². The Morgan fingerprint density at radius 2 is 1.75 bits per heavy atom. The minimum absolute atomic E-state index is 0.174. The maximum Gasteiger partial charge on any atom is 0.573 e. The van der Waals surface area contributed by atoms with E-state index < -0.39 is 12.0 Å². The van der Waals surface area contributed by atoms with Gasteiger partial charge in [-0.2, -0.15) is 4.98 Å². The third-order valence-corrected chi connectivity index (χ3v) is 5.98. The van der Waals surface area contributed by atoms with Crippen LogP contribution in [0.25, 0.3) is 11.5 Å². The molecule has 0 atom stereocenters. The van der Waals surface area contributed by atoms with Gasteiger partial charge in [0.2, 0.25) is 0 Å². The fraction of sp³-hybridized carbons (Fsp3) is 0.591. The number of benzene rings is 1. The molecule has 1 amide bonds. The maximum atomic E-state index is 12.3. The first kappa shape index (κ1) is 22.4. The number of likely N-dealkylation sites (tertiary alicyclic amines) is 1. The minimum Gasteiger partial charge on any atom is -0.444 e. The van der Waals surface area contributed by atoms with E-state index in [2.05, 4.69) is 14.9 Å². The van der Waals surface area contributed by atoms with Crippen molar-refractivity contribution in [3.8, 4) is 17.2 Å². The van der Waals surface area contributed by atoms with Crippen LogP contribution >= 0.6 is 0 Å². The molecule has 0 bridgehead atoms. The second-order valence-corrected chi connectivity index (χ2v) is 9.60. The second kappa shape index (κ2) is 7.97. The van der Waals surface area contributed by atoms with E-state index in [0.29, 0.717) is 24.5 Å². The molecule has 1 aromatic heterocycles. The zero-order chi connectivity index (χ0) is 23.1. The number of carbonyl (C=O) groups excluding carboxylic acids is 1. The second-order valence-electron chi connectivity index (χ2n) is 9.60. The van der Waals surface area contributed by atoms with E-state index in [4.69, 9.17) is 9.26 Å². The summed E-state index contributed by atoms with van der Waals surface area (Å²) in [5.41, 5.74) is 0.203. The number of carbonyl (C=O) groups is 1. The first-order chi connectivity index (χ1) is 14.9. The molecule has 2 heterocycles. The van der Waals surface area contributed by atoms with Gasteiger partial charge in [-0.05, 0) is 76.1 Å². The Morgan fingerprint density at radius 3 is 2.31 bits per heavy atom. The van der Waals surface area contributed by atoms with E-state index in [9.17, 15) is 18.0 Å². The predicted octanol–water partition coefficient (Wildman–Crippen LogP) is 5.53. The summed E-state index contributed by atoms with van der Waals surface area (Å²) in [6.45, 7) is 6.92. The summed E-state index contributed by atoms with van der Waals surface area (Å²) in [6, 6.07) is 5.33. The Morgan fingerprint density at radius 1 is 1.12 bits per heavy atom. The van der Waals surface area contributed by atoms with E-state index in [1.165, 1.54) is 24.3 Å². The van der Waals surface area contributed by atoms with Crippen LogP contribution in [0.3, 0.4) is 0 Å². The summed E-state index contributed by atoms with van der Waals surface area (Å²) < 4.78 is 51.5. The van der Waals surface area contributed by atoms with Crippen molar-refractivity contribution in [2.45, 2.75) is 64.3 Å². The molecule has 1 saturated carbocycles. The van der Waals surface area contributed by atoms with Gasteiger partial charge in [-0.3, -0.25) is 0 Å². The molecule has 32 heavy (non-hydrogen) atoms. The summed E-state index contributed by atoms with van der Waals surface area (Å²) in [4.78, 5) is 18.5. The molecule has 0 N–H and O–H groups in total. The first-order valence-electron chi connectivity index (χ1n) is 10.6. The Labute approximate surface area is 183 Å². The van der Waals surface area contributed by atoms with Gasteiger partial charge in [-0.25, -0.2) is 4.79 Å². The number of amides is 1. The molecule has 7 nitrogen and oxygen atoms in total. The molecular weight excluding hydrogens is 427 g/mol. The van der Waals surface area contributed by atoms with Crippen LogP contribution < -0.4 is 4.74 Å². The first-order valence-corrected chi connectivity index (χ1v) is 10.6. The van der Waals surface area contributed by atoms with Crippen LogP contribution in [0.15, 0.2) is 28.8 Å². The molecule has 1 aliphatic carbocycles. The molecule has 4 rings (SSSR count). The summed E-state index contributed by atoms with van der Waals surface area (Å²) in [5, 5.41) is 4.08. The molecule has 2 aliphatic rings. The highest BCUT2D eigenvalue weighted by molar-refractivity contribution is 5.68. The highest BCUT2D eigenvalue weighted by Gasteiger charge is 2.48. The van der Waals surface area contributed by atoms with Gasteiger partial charge in [0.25, 0.3) is 5.89 Å². The van der Waals surface area contributed by atoms with E-state index in [-0.39, 0.29) is 29.1 Å². The molecule has 174 valence electrons. The zero-order valence-corrected chi connectivity index (χ0v) is 18.2. The lowest BCUT2D eigenvalue weighted by Crippen LogP contribution is -2.49. The minimum atomic E-state index is -4.73. The Balaban J connectivity index is 1.30. The fourth-order valence-corrected chi connectivity index (χ4v) is 4.38. The van der Waals surface area contributed by atoms with Crippen molar-refractivity contribution in [1.82, 2.24) is 15.0 Å². The van der Waals surface area contributed by atoms with Crippen molar-refractivity contribution in [2.24, 2.45) is 5.41 Å². The van der Waals surface area contributed by atoms with Crippen molar-refractivity contribution < 1.29 is 32.0 Å². The van der Waals surface area contributed by atoms with Gasteiger partial charge >= 0.3 is 12.5 Å². The number of hydrogen-bond donors (Lipinski definition) is 0. The predicted molar refractivity (Wildman–Crippen MR) is 108 cm³/mol. The quantitative estimate of drug-likeness (QED) is 0.608. The highest BCUT2D eigenvalue weighted by Crippen LogP contribution is 2.56. The molecule has 2 aromatic rings. The van der Waals surface area contributed by atoms with Crippen LogP contribution in [0.4, 0.5) is 18.0 Å². The van der Waals surface area contributed by atoms with Crippen LogP contribution in [0.1, 0.15) is 58.2 Å². The van der Waals surface area contributed by atoms with Crippen molar-refractivity contribution in [2.75, 3.05) is 13.1 Å². The van der Waals surface area contributed by atoms with Gasteiger partial charge in [0.05, 0.1) is 0 Å². The third-order valence-electron chi connectivity index (χ3n) is 5.98. The zero-order valence-electron chi connectivity index (χ0n) is 18.2. The van der Waals surface area contributed by atoms with Crippen LogP contribution in [0.2, 0.25) is 0 Å². The number of nitrogens with zero attached hydrogens (tertiary/aromatic N) is 3. The van der Waals surface area contributed by atoms with Crippen molar-refractivity contribution >= 4 is 6.09 Å². The maximum absolute atomic E-state index is 12.3. The van der Waals surface area contributed by atoms with Crippen LogP contribution in [0, 0.1) is 5.41 Å². The molecule has 2 fully saturated rings. The van der Waals surface area contributed by atoms with E-state index in [0.717, 1.165) is 25.7 Å². The molecule has 1 spiro atoms. The van der Waals surface area contributed by atoms with Gasteiger partial charge in [0.1, 0.15) is 11.4 Å². The third kappa shape index (κ3) is 5.16. The average Bonchev–Trinajstić information content (AvgIpc) is 3.14. The number of rotatable bonds is 3. The number of hydrogen-bond acceptors (Lipinski definition) is 6. The van der Waals surface area contributed by atoms with Crippen molar-refractivity contribution in [1.29, 1.82) is 0 Å². The molecule has 10 heteroatoms. The van der Waals surface area contributed by atoms with Gasteiger partial charge in [0, 0.05) is 24.6 Å². The SMILES string of the molecule is CC(C)(C)OC(=O)N1CCC2(CC1)CC(c1noc(-c3ccc(OC(F)(F)F)cc3)n1)C2. The Bertz CT molecular complexity index is 950. The lowest BCUT2D eigenvalue weighted by atomic mass is 9.57. The standard InChI is InChI=1S/C22H26F3N3O4/c1-20(2,3)31-19(29)28-10-8-21(9-11-28)12-15(13-21)17-26-18(32-27-17)14-4-6-16(7-5-14)30-22(23,24)25/h4-7,15H,8-13H2,1-3H3. The van der Waals surface area contributed by atoms with Gasteiger partial charge in [0.15, 0.2) is 5.82 Å². The molecule has 0 unspecified atom stereocenters. The molecule has 1 saturated heterocycles. The van der Waals surface area contributed by atoms with Gasteiger partial charge < -0.3 is 18.9 Å². The number of alkyl halides is 3. The molecule has 1 aliphatic heterocycles. The molecular formula is C22H26F3N3O4. The molecule has 0 radical (unpaired) electrons. The monoisotopic (exact) mass is 453 g/mol. The lowest BCUT2D eigenvalue weighted by Gasteiger charge is -2.51. The summed E-state index contributed by atoms with van der Waals surface area (Å²) in [5.74, 6) is 0.739. The summed E-state index contributed by atoms with van der Waals surface area (Å²) >= 11 is 0. The lowest BCUT2D eigenvalue weighted by molar-refractivity contribution is -0.274. The van der Waals surface area contributed by atoms with Crippen molar-refractivity contribution in [3.63, 3.8) is 0 Å². The van der Waals surface area contributed by atoms with E-state index >= 15 is 0 Å². The Kier molecular flexibility index (Phi) is 5.58. The summed E-state index contributed by atoms with van der Waals surface area (Å²) in [7, 11) is 0. The number of halogens is 3. The van der Waals surface area contributed by atoms with E-state index in [1.807, 2.05) is 20.8 Å². The molecule has 1 aromatic carbocycles. The number of aromatic nitrogens is 2. The Hall–Kier alpha value is -2.78. The number of piperidine rings is 1. The highest BCUT2D eigenvalue weighted by atomic mass is 19.4. The average molecular weight is 453 g/mol. The van der Waals surface area contributed by atoms with Crippen LogP contribution in [-0.4, -0.2) is 46.2 Å². The normalized spacial score (nSPS) is 19.0. The topological polar surface area (TPSA) is 77.7 Å². The van der Waals surface area contributed by atoms with Gasteiger partial charge in [-0.15, -0.1) is 13.2 Å². The number of ether oxygens (including phenoxy) is 2. The fourth-order valence-electron chi connectivity index (χ4n) is 4.38.